The molecule has 0 fully saturated rings. The molecule has 0 aliphatic heterocycles. The Bertz CT molecular complexity index is 579. The summed E-state index contributed by atoms with van der Waals surface area (Å²) >= 11 is 1.54. The van der Waals surface area contributed by atoms with Gasteiger partial charge in [-0.25, -0.2) is 4.98 Å². The molecular formula is C15H19N3OS. The van der Waals surface area contributed by atoms with Crippen molar-refractivity contribution in [1.82, 2.24) is 10.3 Å². The maximum absolute atomic E-state index is 12.2. The number of hydrogen-bond donors (Lipinski definition) is 2. The number of hydrogen-bond acceptors (Lipinski definition) is 4. The number of nitrogens with one attached hydrogen (secondary N) is 1. The largest absolute Gasteiger partial charge is 0.344 e. The minimum Gasteiger partial charge on any atom is -0.344 e. The van der Waals surface area contributed by atoms with Crippen LogP contribution in [-0.4, -0.2) is 10.9 Å². The summed E-state index contributed by atoms with van der Waals surface area (Å²) in [5.41, 5.74) is 7.22. The zero-order valence-corrected chi connectivity index (χ0v) is 12.5. The van der Waals surface area contributed by atoms with Crippen LogP contribution in [0, 0.1) is 0 Å². The lowest BCUT2D eigenvalue weighted by molar-refractivity contribution is -0.122. The summed E-state index contributed by atoms with van der Waals surface area (Å²) in [5, 5.41) is 5.84. The van der Waals surface area contributed by atoms with Gasteiger partial charge in [0.1, 0.15) is 5.01 Å². The molecule has 0 aliphatic rings. The van der Waals surface area contributed by atoms with Gasteiger partial charge in [0.05, 0.1) is 12.0 Å². The Morgan fingerprint density at radius 1 is 1.35 bits per heavy atom. The lowest BCUT2D eigenvalue weighted by Crippen LogP contribution is -2.41. The molecule has 0 aliphatic carbocycles. The molecule has 0 atom stereocenters. The number of thiazole rings is 1. The van der Waals surface area contributed by atoms with E-state index in [-0.39, 0.29) is 5.91 Å². The SMILES string of the molecule is CC(C)(NC(=O)Cc1ccccc1CN)c1nccs1. The van der Waals surface area contributed by atoms with Gasteiger partial charge in [0.25, 0.3) is 0 Å². The first kappa shape index (κ1) is 14.7. The van der Waals surface area contributed by atoms with E-state index in [2.05, 4.69) is 10.3 Å². The van der Waals surface area contributed by atoms with Crippen molar-refractivity contribution in [3.05, 3.63) is 52.0 Å². The van der Waals surface area contributed by atoms with Gasteiger partial charge in [0.2, 0.25) is 5.91 Å². The van der Waals surface area contributed by atoms with Crippen LogP contribution in [0.15, 0.2) is 35.8 Å². The van der Waals surface area contributed by atoms with E-state index < -0.39 is 5.54 Å². The van der Waals surface area contributed by atoms with E-state index in [4.69, 9.17) is 5.73 Å². The molecule has 2 rings (SSSR count). The highest BCUT2D eigenvalue weighted by Crippen LogP contribution is 2.22. The molecule has 1 heterocycles. The first-order chi connectivity index (χ1) is 9.53. The molecule has 20 heavy (non-hydrogen) atoms. The Balaban J connectivity index is 2.06. The Hall–Kier alpha value is -1.72. The molecule has 2 aromatic rings. The summed E-state index contributed by atoms with van der Waals surface area (Å²) in [6, 6.07) is 7.75. The second kappa shape index (κ2) is 6.15. The predicted molar refractivity (Wildman–Crippen MR) is 81.3 cm³/mol. The van der Waals surface area contributed by atoms with E-state index >= 15 is 0 Å². The van der Waals surface area contributed by atoms with E-state index in [1.165, 1.54) is 11.3 Å². The average molecular weight is 289 g/mol. The molecule has 0 saturated carbocycles. The molecule has 4 nitrogen and oxygen atoms in total. The molecule has 1 aromatic carbocycles. The lowest BCUT2D eigenvalue weighted by atomic mass is 10.0. The summed E-state index contributed by atoms with van der Waals surface area (Å²) in [5.74, 6) is -0.0221. The summed E-state index contributed by atoms with van der Waals surface area (Å²) in [6.45, 7) is 4.36. The van der Waals surface area contributed by atoms with Gasteiger partial charge in [0.15, 0.2) is 0 Å². The Morgan fingerprint density at radius 3 is 2.65 bits per heavy atom. The molecule has 1 aromatic heterocycles. The first-order valence-electron chi connectivity index (χ1n) is 6.51. The third-order valence-corrected chi connectivity index (χ3v) is 4.20. The van der Waals surface area contributed by atoms with Crippen LogP contribution in [-0.2, 0) is 23.3 Å². The summed E-state index contributed by atoms with van der Waals surface area (Å²) in [6.07, 6.45) is 2.08. The fraction of sp³-hybridized carbons (Fsp3) is 0.333. The van der Waals surface area contributed by atoms with Crippen molar-refractivity contribution in [2.45, 2.75) is 32.4 Å². The molecule has 106 valence electrons. The van der Waals surface area contributed by atoms with Gasteiger partial charge >= 0.3 is 0 Å². The van der Waals surface area contributed by atoms with Crippen LogP contribution < -0.4 is 11.1 Å². The molecule has 0 radical (unpaired) electrons. The van der Waals surface area contributed by atoms with E-state index in [9.17, 15) is 4.79 Å². The molecule has 0 unspecified atom stereocenters. The van der Waals surface area contributed by atoms with Crippen molar-refractivity contribution >= 4 is 17.2 Å². The van der Waals surface area contributed by atoms with Crippen LogP contribution in [0.2, 0.25) is 0 Å². The second-order valence-corrected chi connectivity index (χ2v) is 6.05. The van der Waals surface area contributed by atoms with Crippen LogP contribution in [0.4, 0.5) is 0 Å². The summed E-state index contributed by atoms with van der Waals surface area (Å²) in [4.78, 5) is 16.5. The monoisotopic (exact) mass is 289 g/mol. The Morgan fingerprint density at radius 2 is 2.05 bits per heavy atom. The number of rotatable bonds is 5. The lowest BCUT2D eigenvalue weighted by Gasteiger charge is -2.24. The second-order valence-electron chi connectivity index (χ2n) is 5.16. The van der Waals surface area contributed by atoms with Gasteiger partial charge in [0, 0.05) is 18.1 Å². The van der Waals surface area contributed by atoms with Crippen molar-refractivity contribution < 1.29 is 4.79 Å². The number of amides is 1. The van der Waals surface area contributed by atoms with E-state index in [0.29, 0.717) is 13.0 Å². The minimum absolute atomic E-state index is 0.0221. The summed E-state index contributed by atoms with van der Waals surface area (Å²) in [7, 11) is 0. The van der Waals surface area contributed by atoms with E-state index in [1.54, 1.807) is 6.20 Å². The number of nitrogens with zero attached hydrogens (tertiary/aromatic N) is 1. The van der Waals surface area contributed by atoms with Crippen molar-refractivity contribution in [2.75, 3.05) is 0 Å². The number of benzene rings is 1. The van der Waals surface area contributed by atoms with Crippen molar-refractivity contribution in [1.29, 1.82) is 0 Å². The molecule has 5 heteroatoms. The van der Waals surface area contributed by atoms with Gasteiger partial charge in [-0.2, -0.15) is 0 Å². The van der Waals surface area contributed by atoms with Crippen molar-refractivity contribution in [2.24, 2.45) is 5.73 Å². The number of carbonyl (C=O) groups is 1. The molecule has 0 spiro atoms. The maximum Gasteiger partial charge on any atom is 0.225 e. The third kappa shape index (κ3) is 3.43. The van der Waals surface area contributed by atoms with Crippen LogP contribution in [0.25, 0.3) is 0 Å². The number of nitrogens with two attached hydrogens (primary N) is 1. The molecular weight excluding hydrogens is 270 g/mol. The zero-order chi connectivity index (χ0) is 14.6. The Labute approximate surface area is 123 Å². The van der Waals surface area contributed by atoms with Crippen molar-refractivity contribution in [3.63, 3.8) is 0 Å². The van der Waals surface area contributed by atoms with Gasteiger partial charge in [-0.05, 0) is 25.0 Å². The highest BCUT2D eigenvalue weighted by Gasteiger charge is 2.25. The smallest absolute Gasteiger partial charge is 0.225 e. The van der Waals surface area contributed by atoms with Crippen LogP contribution in [0.1, 0.15) is 30.0 Å². The molecule has 0 bridgehead atoms. The standard InChI is InChI=1S/C15H19N3OS/c1-15(2,14-17-7-8-20-14)18-13(19)9-11-5-3-4-6-12(11)10-16/h3-8H,9-10,16H2,1-2H3,(H,18,19). The van der Waals surface area contributed by atoms with E-state index in [1.807, 2.05) is 43.5 Å². The number of carbonyl (C=O) groups excluding carboxylic acids is 1. The van der Waals surface area contributed by atoms with Gasteiger partial charge in [-0.1, -0.05) is 24.3 Å². The fourth-order valence-electron chi connectivity index (χ4n) is 2.08. The van der Waals surface area contributed by atoms with Gasteiger partial charge < -0.3 is 11.1 Å². The fourth-order valence-corrected chi connectivity index (χ4v) is 2.80. The predicted octanol–water partition coefficient (Wildman–Crippen LogP) is 2.20. The van der Waals surface area contributed by atoms with Gasteiger partial charge in [-0.3, -0.25) is 4.79 Å². The van der Waals surface area contributed by atoms with Crippen LogP contribution >= 0.6 is 11.3 Å². The van der Waals surface area contributed by atoms with Gasteiger partial charge in [-0.15, -0.1) is 11.3 Å². The third-order valence-electron chi connectivity index (χ3n) is 3.11. The molecule has 0 saturated heterocycles. The van der Waals surface area contributed by atoms with Crippen molar-refractivity contribution in [3.8, 4) is 0 Å². The number of aromatic nitrogens is 1. The maximum atomic E-state index is 12.2. The molecule has 3 N–H and O–H groups in total. The van der Waals surface area contributed by atoms with Crippen LogP contribution in [0.3, 0.4) is 0 Å². The normalized spacial score (nSPS) is 11.3. The van der Waals surface area contributed by atoms with Crippen LogP contribution in [0.5, 0.6) is 0 Å². The highest BCUT2D eigenvalue weighted by molar-refractivity contribution is 7.09. The first-order valence-corrected chi connectivity index (χ1v) is 7.39. The quantitative estimate of drug-likeness (QED) is 0.886. The zero-order valence-electron chi connectivity index (χ0n) is 11.7. The minimum atomic E-state index is -0.455. The highest BCUT2D eigenvalue weighted by atomic mass is 32.1. The van der Waals surface area contributed by atoms with E-state index in [0.717, 1.165) is 16.1 Å². The Kier molecular flexibility index (Phi) is 4.52. The topological polar surface area (TPSA) is 68.0 Å². The summed E-state index contributed by atoms with van der Waals surface area (Å²) < 4.78 is 0. The molecule has 1 amide bonds. The average Bonchev–Trinajstić information content (AvgIpc) is 2.93.